The first-order chi connectivity index (χ1) is 8.80. The molecule has 0 bridgehead atoms. The Balaban J connectivity index is 2.44. The molecular formula is C12H19NO4S2. The lowest BCUT2D eigenvalue weighted by Crippen LogP contribution is -2.31. The molecule has 0 aliphatic rings. The molecule has 0 radical (unpaired) electrons. The van der Waals surface area contributed by atoms with Gasteiger partial charge >= 0.3 is 5.97 Å². The fraction of sp³-hybridized carbons (Fsp3) is 0.583. The zero-order valence-electron chi connectivity index (χ0n) is 11.3. The molecular weight excluding hydrogens is 286 g/mol. The Kier molecular flexibility index (Phi) is 5.96. The fourth-order valence-corrected chi connectivity index (χ4v) is 3.60. The predicted octanol–water partition coefficient (Wildman–Crippen LogP) is 0.986. The Labute approximate surface area is 117 Å². The number of sulfone groups is 1. The normalized spacial score (nSPS) is 13.2. The molecule has 1 aromatic heterocycles. The van der Waals surface area contributed by atoms with Gasteiger partial charge in [0.25, 0.3) is 0 Å². The van der Waals surface area contributed by atoms with E-state index in [1.807, 2.05) is 19.1 Å². The van der Waals surface area contributed by atoms with Gasteiger partial charge in [0.05, 0.1) is 19.3 Å². The van der Waals surface area contributed by atoms with Gasteiger partial charge in [-0.2, -0.15) is 0 Å². The molecule has 0 aliphatic carbocycles. The van der Waals surface area contributed by atoms with Crippen LogP contribution in [-0.4, -0.2) is 39.5 Å². The summed E-state index contributed by atoms with van der Waals surface area (Å²) in [4.78, 5) is 13.1. The van der Waals surface area contributed by atoms with Crippen LogP contribution in [0.2, 0.25) is 0 Å². The number of hydrogen-bond donors (Lipinski definition) is 1. The molecule has 0 amide bonds. The molecule has 0 spiro atoms. The van der Waals surface area contributed by atoms with E-state index in [1.54, 1.807) is 0 Å². The number of ether oxygens (including phenoxy) is 1. The van der Waals surface area contributed by atoms with E-state index >= 15 is 0 Å². The number of rotatable bonds is 7. The second kappa shape index (κ2) is 7.02. The van der Waals surface area contributed by atoms with E-state index < -0.39 is 9.84 Å². The SMILES string of the molecule is COC(=O)Cc1ccc(CNC(C)CS(C)(=O)=O)s1. The van der Waals surface area contributed by atoms with Crippen LogP contribution in [0, 0.1) is 0 Å². The molecule has 1 heterocycles. The summed E-state index contributed by atoms with van der Waals surface area (Å²) >= 11 is 1.52. The van der Waals surface area contributed by atoms with Crippen LogP contribution in [0.15, 0.2) is 12.1 Å². The third kappa shape index (κ3) is 6.70. The van der Waals surface area contributed by atoms with Gasteiger partial charge in [-0.15, -0.1) is 11.3 Å². The number of carbonyl (C=O) groups excluding carboxylic acids is 1. The summed E-state index contributed by atoms with van der Waals surface area (Å²) in [6, 6.07) is 3.73. The van der Waals surface area contributed by atoms with E-state index in [1.165, 1.54) is 24.7 Å². The predicted molar refractivity (Wildman–Crippen MR) is 76.1 cm³/mol. The number of carbonyl (C=O) groups is 1. The van der Waals surface area contributed by atoms with Crippen LogP contribution in [0.25, 0.3) is 0 Å². The largest absolute Gasteiger partial charge is 0.469 e. The highest BCUT2D eigenvalue weighted by molar-refractivity contribution is 7.90. The van der Waals surface area contributed by atoms with Crippen molar-refractivity contribution in [3.63, 3.8) is 0 Å². The maximum Gasteiger partial charge on any atom is 0.310 e. The molecule has 0 saturated carbocycles. The Morgan fingerprint density at radius 3 is 2.63 bits per heavy atom. The Morgan fingerprint density at radius 1 is 1.42 bits per heavy atom. The summed E-state index contributed by atoms with van der Waals surface area (Å²) in [6.07, 6.45) is 1.50. The Morgan fingerprint density at radius 2 is 2.05 bits per heavy atom. The van der Waals surface area contributed by atoms with Crippen molar-refractivity contribution in [1.82, 2.24) is 5.32 Å². The first-order valence-electron chi connectivity index (χ1n) is 5.85. The molecule has 7 heteroatoms. The van der Waals surface area contributed by atoms with Gasteiger partial charge < -0.3 is 10.1 Å². The van der Waals surface area contributed by atoms with Gasteiger partial charge in [0.1, 0.15) is 9.84 Å². The monoisotopic (exact) mass is 305 g/mol. The third-order valence-electron chi connectivity index (χ3n) is 2.44. The first-order valence-corrected chi connectivity index (χ1v) is 8.73. The van der Waals surface area contributed by atoms with Gasteiger partial charge in [-0.1, -0.05) is 0 Å². The topological polar surface area (TPSA) is 72.5 Å². The van der Waals surface area contributed by atoms with Crippen molar-refractivity contribution in [1.29, 1.82) is 0 Å². The lowest BCUT2D eigenvalue weighted by atomic mass is 10.3. The number of nitrogens with one attached hydrogen (secondary N) is 1. The molecule has 1 N–H and O–H groups in total. The van der Waals surface area contributed by atoms with Crippen molar-refractivity contribution in [2.24, 2.45) is 0 Å². The summed E-state index contributed by atoms with van der Waals surface area (Å²) in [7, 11) is -1.60. The van der Waals surface area contributed by atoms with E-state index in [-0.39, 0.29) is 24.2 Å². The molecule has 5 nitrogen and oxygen atoms in total. The van der Waals surface area contributed by atoms with Crippen LogP contribution in [0.5, 0.6) is 0 Å². The number of thiophene rings is 1. The van der Waals surface area contributed by atoms with Gasteiger partial charge in [0.2, 0.25) is 0 Å². The van der Waals surface area contributed by atoms with E-state index in [0.29, 0.717) is 6.54 Å². The molecule has 0 fully saturated rings. The molecule has 19 heavy (non-hydrogen) atoms. The lowest BCUT2D eigenvalue weighted by Gasteiger charge is -2.11. The summed E-state index contributed by atoms with van der Waals surface area (Å²) in [5.74, 6) is -0.139. The van der Waals surface area contributed by atoms with E-state index in [9.17, 15) is 13.2 Å². The minimum absolute atomic E-state index is 0.0962. The van der Waals surface area contributed by atoms with Crippen LogP contribution in [0.1, 0.15) is 16.7 Å². The second-order valence-electron chi connectivity index (χ2n) is 4.50. The second-order valence-corrected chi connectivity index (χ2v) is 7.93. The maximum atomic E-state index is 11.1. The highest BCUT2D eigenvalue weighted by atomic mass is 32.2. The van der Waals surface area contributed by atoms with E-state index in [0.717, 1.165) is 9.75 Å². The van der Waals surface area contributed by atoms with Crippen LogP contribution in [0.3, 0.4) is 0 Å². The van der Waals surface area contributed by atoms with Crippen molar-refractivity contribution in [2.45, 2.75) is 25.9 Å². The maximum absolute atomic E-state index is 11.1. The number of hydrogen-bond acceptors (Lipinski definition) is 6. The zero-order valence-corrected chi connectivity index (χ0v) is 12.9. The van der Waals surface area contributed by atoms with Crippen molar-refractivity contribution in [2.75, 3.05) is 19.1 Å². The molecule has 1 aromatic rings. The molecule has 1 rings (SSSR count). The van der Waals surface area contributed by atoms with Crippen molar-refractivity contribution in [3.8, 4) is 0 Å². The highest BCUT2D eigenvalue weighted by Crippen LogP contribution is 2.17. The van der Waals surface area contributed by atoms with Crippen molar-refractivity contribution >= 4 is 27.1 Å². The molecule has 0 aromatic carbocycles. The molecule has 1 unspecified atom stereocenters. The summed E-state index contributed by atoms with van der Waals surface area (Å²) in [5.41, 5.74) is 0. The quantitative estimate of drug-likeness (QED) is 0.761. The number of methoxy groups -OCH3 is 1. The van der Waals surface area contributed by atoms with Gasteiger partial charge in [-0.3, -0.25) is 4.79 Å². The molecule has 108 valence electrons. The first kappa shape index (κ1) is 16.1. The summed E-state index contributed by atoms with van der Waals surface area (Å²) in [5, 5.41) is 3.15. The van der Waals surface area contributed by atoms with Gasteiger partial charge in [-0.05, 0) is 19.1 Å². The minimum Gasteiger partial charge on any atom is -0.469 e. The zero-order chi connectivity index (χ0) is 14.5. The van der Waals surface area contributed by atoms with Gasteiger partial charge in [0.15, 0.2) is 0 Å². The third-order valence-corrected chi connectivity index (χ3v) is 4.63. The smallest absolute Gasteiger partial charge is 0.310 e. The fourth-order valence-electron chi connectivity index (χ4n) is 1.61. The summed E-state index contributed by atoms with van der Waals surface area (Å²) in [6.45, 7) is 2.44. The average Bonchev–Trinajstić information content (AvgIpc) is 2.71. The van der Waals surface area contributed by atoms with E-state index in [2.05, 4.69) is 10.1 Å². The van der Waals surface area contributed by atoms with Crippen molar-refractivity contribution in [3.05, 3.63) is 21.9 Å². The average molecular weight is 305 g/mol. The van der Waals surface area contributed by atoms with Crippen LogP contribution in [-0.2, 0) is 32.3 Å². The highest BCUT2D eigenvalue weighted by Gasteiger charge is 2.11. The van der Waals surface area contributed by atoms with Crippen LogP contribution in [0.4, 0.5) is 0 Å². The van der Waals surface area contributed by atoms with Gasteiger partial charge in [0, 0.05) is 28.6 Å². The standard InChI is InChI=1S/C12H19NO4S2/c1-9(8-19(3,15)16)13-7-11-5-4-10(18-11)6-12(14)17-2/h4-5,9,13H,6-8H2,1-3H3. The number of esters is 1. The molecule has 0 saturated heterocycles. The van der Waals surface area contributed by atoms with Gasteiger partial charge in [-0.25, -0.2) is 8.42 Å². The molecule has 0 aliphatic heterocycles. The van der Waals surface area contributed by atoms with E-state index in [4.69, 9.17) is 0 Å². The van der Waals surface area contributed by atoms with Crippen molar-refractivity contribution < 1.29 is 17.9 Å². The summed E-state index contributed by atoms with van der Waals surface area (Å²) < 4.78 is 26.8. The Bertz CT molecular complexity index is 522. The Hall–Kier alpha value is -0.920. The van der Waals surface area contributed by atoms with Crippen LogP contribution < -0.4 is 5.32 Å². The van der Waals surface area contributed by atoms with Crippen LogP contribution >= 0.6 is 11.3 Å². The minimum atomic E-state index is -2.96. The molecule has 1 atom stereocenters. The lowest BCUT2D eigenvalue weighted by molar-refractivity contribution is -0.139.